The first-order valence-corrected chi connectivity index (χ1v) is 9.95. The minimum Gasteiger partial charge on any atom is -0.349 e. The van der Waals surface area contributed by atoms with Gasteiger partial charge in [-0.15, -0.1) is 0 Å². The van der Waals surface area contributed by atoms with E-state index < -0.39 is 40.9 Å². The predicted octanol–water partition coefficient (Wildman–Crippen LogP) is 4.86. The Kier molecular flexibility index (Phi) is 5.25. The van der Waals surface area contributed by atoms with Crippen molar-refractivity contribution in [3.05, 3.63) is 41.3 Å². The van der Waals surface area contributed by atoms with Gasteiger partial charge in [0.1, 0.15) is 0 Å². The molecule has 2 aliphatic rings. The number of hydrogen-bond acceptors (Lipinski definition) is 3. The van der Waals surface area contributed by atoms with Crippen LogP contribution in [0.4, 0.5) is 26.3 Å². The van der Waals surface area contributed by atoms with Crippen molar-refractivity contribution in [1.29, 1.82) is 0 Å². The Morgan fingerprint density at radius 2 is 1.84 bits per heavy atom. The van der Waals surface area contributed by atoms with Gasteiger partial charge in [-0.2, -0.15) is 31.4 Å². The Labute approximate surface area is 173 Å². The lowest BCUT2D eigenvalue weighted by atomic mass is 9.84. The molecule has 1 amide bonds. The fraction of sp³-hybridized carbons (Fsp3) is 0.550. The van der Waals surface area contributed by atoms with Gasteiger partial charge >= 0.3 is 12.4 Å². The van der Waals surface area contributed by atoms with Crippen molar-refractivity contribution in [3.8, 4) is 5.82 Å². The number of halogens is 6. The van der Waals surface area contributed by atoms with E-state index in [2.05, 4.69) is 15.4 Å². The Morgan fingerprint density at radius 1 is 1.10 bits per heavy atom. The lowest BCUT2D eigenvalue weighted by Crippen LogP contribution is -2.40. The van der Waals surface area contributed by atoms with Crippen LogP contribution in [0.3, 0.4) is 0 Å². The Hall–Kier alpha value is -2.59. The van der Waals surface area contributed by atoms with Crippen LogP contribution in [-0.4, -0.2) is 26.7 Å². The molecule has 0 aromatic carbocycles. The molecule has 5 nitrogen and oxygen atoms in total. The van der Waals surface area contributed by atoms with E-state index in [1.54, 1.807) is 6.92 Å². The van der Waals surface area contributed by atoms with Crippen molar-refractivity contribution in [1.82, 2.24) is 20.1 Å². The van der Waals surface area contributed by atoms with Crippen LogP contribution >= 0.6 is 0 Å². The summed E-state index contributed by atoms with van der Waals surface area (Å²) >= 11 is 0. The van der Waals surface area contributed by atoms with Crippen molar-refractivity contribution >= 4 is 5.91 Å². The molecule has 1 N–H and O–H groups in total. The van der Waals surface area contributed by atoms with E-state index in [1.807, 2.05) is 0 Å². The third kappa shape index (κ3) is 4.14. The van der Waals surface area contributed by atoms with Crippen molar-refractivity contribution in [2.45, 2.75) is 51.0 Å². The summed E-state index contributed by atoms with van der Waals surface area (Å²) in [6.45, 7) is 1.79. The number of amides is 1. The van der Waals surface area contributed by atoms with Crippen LogP contribution in [0.1, 0.15) is 54.2 Å². The summed E-state index contributed by atoms with van der Waals surface area (Å²) in [4.78, 5) is 16.1. The van der Waals surface area contributed by atoms with Gasteiger partial charge in [-0.05, 0) is 56.1 Å². The first-order valence-electron chi connectivity index (χ1n) is 9.95. The maximum Gasteiger partial charge on any atom is 0.434 e. The van der Waals surface area contributed by atoms with Crippen molar-refractivity contribution < 1.29 is 31.1 Å². The van der Waals surface area contributed by atoms with Gasteiger partial charge in [0.15, 0.2) is 11.5 Å². The van der Waals surface area contributed by atoms with Gasteiger partial charge in [-0.1, -0.05) is 6.42 Å². The summed E-state index contributed by atoms with van der Waals surface area (Å²) in [6, 6.07) is 1.10. The zero-order valence-electron chi connectivity index (χ0n) is 16.5. The quantitative estimate of drug-likeness (QED) is 0.683. The van der Waals surface area contributed by atoms with Gasteiger partial charge in [0.25, 0.3) is 5.91 Å². The first kappa shape index (κ1) is 21.6. The minimum absolute atomic E-state index is 0.226. The van der Waals surface area contributed by atoms with Gasteiger partial charge in [-0.3, -0.25) is 4.79 Å². The standard InChI is InChI=1S/C20H20F6N4O/c1-10(14-7-11-2-3-12(14)6-11)29-18(31)15-9-28-30(17(15)20(24,25)26)16-5-4-13(8-27-16)19(21,22)23/h4-5,8-12,14H,2-3,6-7H2,1H3,(H,29,31)/t10-,11-,12-,14-/m0/s1. The lowest BCUT2D eigenvalue weighted by molar-refractivity contribution is -0.143. The predicted molar refractivity (Wildman–Crippen MR) is 97.2 cm³/mol. The van der Waals surface area contributed by atoms with E-state index in [0.29, 0.717) is 28.8 Å². The number of nitrogens with one attached hydrogen (secondary N) is 1. The second-order valence-corrected chi connectivity index (χ2v) is 8.32. The van der Waals surface area contributed by atoms with Crippen LogP contribution in [0.25, 0.3) is 5.82 Å². The van der Waals surface area contributed by atoms with Crippen LogP contribution in [-0.2, 0) is 12.4 Å². The molecule has 2 saturated carbocycles. The summed E-state index contributed by atoms with van der Waals surface area (Å²) in [5.74, 6) is -0.0695. The number of fused-ring (bicyclic) bond motifs is 2. The molecule has 4 atom stereocenters. The summed E-state index contributed by atoms with van der Waals surface area (Å²) in [7, 11) is 0. The third-order valence-corrected chi connectivity index (χ3v) is 6.37. The van der Waals surface area contributed by atoms with Crippen molar-refractivity contribution in [2.24, 2.45) is 17.8 Å². The number of nitrogens with zero attached hydrogens (tertiary/aromatic N) is 3. The lowest BCUT2D eigenvalue weighted by Gasteiger charge is -2.28. The number of carbonyl (C=O) groups is 1. The maximum absolute atomic E-state index is 13.8. The van der Waals surface area contributed by atoms with E-state index in [-0.39, 0.29) is 12.0 Å². The van der Waals surface area contributed by atoms with Gasteiger partial charge in [0, 0.05) is 12.2 Å². The number of carbonyl (C=O) groups excluding carboxylic acids is 1. The molecule has 168 valence electrons. The molecule has 0 saturated heterocycles. The van der Waals surface area contributed by atoms with Crippen LogP contribution in [0, 0.1) is 17.8 Å². The van der Waals surface area contributed by atoms with Crippen LogP contribution in [0.5, 0.6) is 0 Å². The smallest absolute Gasteiger partial charge is 0.349 e. The Balaban J connectivity index is 1.60. The minimum atomic E-state index is -4.97. The molecule has 0 aliphatic heterocycles. The summed E-state index contributed by atoms with van der Waals surface area (Å²) < 4.78 is 79.8. The molecule has 0 unspecified atom stereocenters. The molecule has 2 aliphatic carbocycles. The number of rotatable bonds is 4. The van der Waals surface area contributed by atoms with Crippen LogP contribution in [0.15, 0.2) is 24.5 Å². The second kappa shape index (κ2) is 7.52. The summed E-state index contributed by atoms with van der Waals surface area (Å²) in [6.07, 6.45) is -4.18. The molecule has 2 aromatic rings. The average molecular weight is 446 g/mol. The van der Waals surface area contributed by atoms with Gasteiger partial charge < -0.3 is 5.32 Å². The highest BCUT2D eigenvalue weighted by atomic mass is 19.4. The second-order valence-electron chi connectivity index (χ2n) is 8.32. The zero-order valence-corrected chi connectivity index (χ0v) is 16.5. The molecule has 0 radical (unpaired) electrons. The summed E-state index contributed by atoms with van der Waals surface area (Å²) in [5, 5.41) is 6.27. The molecule has 2 heterocycles. The largest absolute Gasteiger partial charge is 0.434 e. The number of aromatic nitrogens is 3. The fourth-order valence-electron chi connectivity index (χ4n) is 4.94. The van der Waals surface area contributed by atoms with Gasteiger partial charge in [0.05, 0.1) is 17.3 Å². The van der Waals surface area contributed by atoms with E-state index in [9.17, 15) is 31.1 Å². The highest BCUT2D eigenvalue weighted by molar-refractivity contribution is 5.95. The fourth-order valence-corrected chi connectivity index (χ4v) is 4.94. The molecule has 2 aromatic heterocycles. The van der Waals surface area contributed by atoms with Crippen LogP contribution in [0.2, 0.25) is 0 Å². The molecule has 31 heavy (non-hydrogen) atoms. The van der Waals surface area contributed by atoms with Crippen LogP contribution < -0.4 is 5.32 Å². The maximum atomic E-state index is 13.8. The summed E-state index contributed by atoms with van der Waals surface area (Å²) in [5.41, 5.74) is -3.17. The molecule has 2 bridgehead atoms. The Morgan fingerprint density at radius 3 is 2.35 bits per heavy atom. The molecule has 2 fully saturated rings. The average Bonchev–Trinajstić information content (AvgIpc) is 3.41. The zero-order chi connectivity index (χ0) is 22.6. The van der Waals surface area contributed by atoms with E-state index in [1.165, 1.54) is 0 Å². The van der Waals surface area contributed by atoms with E-state index in [0.717, 1.165) is 37.9 Å². The molecule has 11 heteroatoms. The molecular formula is C20H20F6N4O. The third-order valence-electron chi connectivity index (χ3n) is 6.37. The Bertz CT molecular complexity index is 966. The topological polar surface area (TPSA) is 59.8 Å². The van der Waals surface area contributed by atoms with E-state index >= 15 is 0 Å². The number of hydrogen-bond donors (Lipinski definition) is 1. The van der Waals surface area contributed by atoms with E-state index in [4.69, 9.17) is 0 Å². The highest BCUT2D eigenvalue weighted by Gasteiger charge is 2.44. The highest BCUT2D eigenvalue weighted by Crippen LogP contribution is 2.49. The normalized spacial score (nSPS) is 24.4. The monoisotopic (exact) mass is 446 g/mol. The molecule has 0 spiro atoms. The van der Waals surface area contributed by atoms with Gasteiger partial charge in [0.2, 0.25) is 0 Å². The number of pyridine rings is 1. The number of alkyl halides is 6. The first-order chi connectivity index (χ1) is 14.4. The molecular weight excluding hydrogens is 426 g/mol. The van der Waals surface area contributed by atoms with Crippen molar-refractivity contribution in [2.75, 3.05) is 0 Å². The van der Waals surface area contributed by atoms with Gasteiger partial charge in [-0.25, -0.2) is 9.67 Å². The molecule has 4 rings (SSSR count). The SMILES string of the molecule is C[C@H](NC(=O)c1cnn(-c2ccc(C(F)(F)F)cn2)c1C(F)(F)F)[C@@H]1C[C@H]2CC[C@H]1C2. The van der Waals surface area contributed by atoms with Crippen molar-refractivity contribution in [3.63, 3.8) is 0 Å².